The van der Waals surface area contributed by atoms with Crippen LogP contribution in [-0.2, 0) is 6.42 Å². The van der Waals surface area contributed by atoms with E-state index in [1.54, 1.807) is 12.1 Å². The Morgan fingerprint density at radius 1 is 1.20 bits per heavy atom. The van der Waals surface area contributed by atoms with Gasteiger partial charge in [0.2, 0.25) is 0 Å². The van der Waals surface area contributed by atoms with Gasteiger partial charge in [-0.25, -0.2) is 14.6 Å². The maximum Gasteiger partial charge on any atom is 0.363 e. The molecule has 0 unspecified atom stereocenters. The normalized spacial score (nSPS) is 10.9. The monoisotopic (exact) mass is 397 g/mol. The fourth-order valence-electron chi connectivity index (χ4n) is 2.31. The van der Waals surface area contributed by atoms with E-state index in [-0.39, 0.29) is 26.5 Å². The molecule has 0 atom stereocenters. The Labute approximate surface area is 157 Å². The topological polar surface area (TPSA) is 69.4 Å². The minimum atomic E-state index is -0.808. The average Bonchev–Trinajstić information content (AvgIpc) is 2.58. The molecule has 0 saturated carbocycles. The van der Waals surface area contributed by atoms with E-state index in [2.05, 4.69) is 4.98 Å². The van der Waals surface area contributed by atoms with Crippen LogP contribution in [0.1, 0.15) is 23.0 Å². The first-order chi connectivity index (χ1) is 11.9. The maximum atomic E-state index is 12.3. The molecule has 0 N–H and O–H groups in total. The van der Waals surface area contributed by atoms with Gasteiger partial charge >= 0.3 is 11.6 Å². The molecule has 25 heavy (non-hydrogen) atoms. The lowest BCUT2D eigenvalue weighted by Gasteiger charge is -2.08. The van der Waals surface area contributed by atoms with E-state index < -0.39 is 11.6 Å². The first kappa shape index (κ1) is 17.7. The lowest BCUT2D eigenvalue weighted by atomic mass is 10.1. The zero-order valence-corrected chi connectivity index (χ0v) is 15.1. The molecule has 0 amide bonds. The van der Waals surface area contributed by atoms with Gasteiger partial charge in [0.15, 0.2) is 5.69 Å². The van der Waals surface area contributed by atoms with Crippen molar-refractivity contribution in [3.8, 4) is 5.75 Å². The number of aromatic nitrogens is 1. The third kappa shape index (κ3) is 3.49. The van der Waals surface area contributed by atoms with Crippen LogP contribution in [-0.4, -0.2) is 11.0 Å². The molecule has 0 aliphatic rings. The number of nitrogens with zero attached hydrogens (tertiary/aromatic N) is 1. The Balaban J connectivity index is 1.97. The summed E-state index contributed by atoms with van der Waals surface area (Å²) in [6.45, 7) is 1.93. The van der Waals surface area contributed by atoms with Crippen molar-refractivity contribution in [3.05, 3.63) is 67.2 Å². The Morgan fingerprint density at radius 2 is 1.96 bits per heavy atom. The van der Waals surface area contributed by atoms with Crippen LogP contribution in [0.25, 0.3) is 11.0 Å². The number of esters is 1. The summed E-state index contributed by atoms with van der Waals surface area (Å²) in [5.41, 5.74) is 0.531. The van der Waals surface area contributed by atoms with Gasteiger partial charge in [-0.1, -0.05) is 41.7 Å². The number of hydrogen-bond acceptors (Lipinski definition) is 5. The standard InChI is InChI=1S/C17H10Cl3NO4/c1-2-8-5-13(22)25-12-6-9(3-4-10(8)12)24-17(23)16-15(20)14(19)11(18)7-21-16/h3-7H,2H2,1H3. The highest BCUT2D eigenvalue weighted by atomic mass is 35.5. The molecule has 0 aliphatic heterocycles. The molecule has 0 fully saturated rings. The van der Waals surface area contributed by atoms with E-state index in [0.717, 1.165) is 10.9 Å². The minimum absolute atomic E-state index is 0.0161. The molecule has 0 spiro atoms. The van der Waals surface area contributed by atoms with Crippen LogP contribution < -0.4 is 10.4 Å². The fraction of sp³-hybridized carbons (Fsp3) is 0.118. The van der Waals surface area contributed by atoms with Crippen molar-refractivity contribution in [1.29, 1.82) is 0 Å². The summed E-state index contributed by atoms with van der Waals surface area (Å²) in [6, 6.07) is 6.20. The van der Waals surface area contributed by atoms with Crippen molar-refractivity contribution in [2.24, 2.45) is 0 Å². The second kappa shape index (κ2) is 7.04. The van der Waals surface area contributed by atoms with Crippen LogP contribution >= 0.6 is 34.8 Å². The zero-order valence-electron chi connectivity index (χ0n) is 12.8. The predicted molar refractivity (Wildman–Crippen MR) is 96.1 cm³/mol. The number of ether oxygens (including phenoxy) is 1. The van der Waals surface area contributed by atoms with Gasteiger partial charge in [-0.3, -0.25) is 0 Å². The van der Waals surface area contributed by atoms with Crippen LogP contribution in [0.3, 0.4) is 0 Å². The summed E-state index contributed by atoms with van der Waals surface area (Å²) in [6.07, 6.45) is 1.88. The summed E-state index contributed by atoms with van der Waals surface area (Å²) in [4.78, 5) is 27.7. The van der Waals surface area contributed by atoms with Gasteiger partial charge in [0.05, 0.1) is 15.1 Å². The number of aryl methyl sites for hydroxylation is 1. The zero-order chi connectivity index (χ0) is 18.1. The molecule has 3 aromatic rings. The quantitative estimate of drug-likeness (QED) is 0.355. The van der Waals surface area contributed by atoms with E-state index in [1.807, 2.05) is 6.92 Å². The molecule has 0 bridgehead atoms. The first-order valence-electron chi connectivity index (χ1n) is 7.19. The number of pyridine rings is 1. The summed E-state index contributed by atoms with van der Waals surface area (Å²) in [7, 11) is 0. The molecule has 0 radical (unpaired) electrons. The number of fused-ring (bicyclic) bond motifs is 1. The number of benzene rings is 1. The van der Waals surface area contributed by atoms with E-state index in [9.17, 15) is 9.59 Å². The number of hydrogen-bond donors (Lipinski definition) is 0. The molecule has 3 rings (SSSR count). The summed E-state index contributed by atoms with van der Waals surface area (Å²) in [5, 5.41) is 0.817. The van der Waals surface area contributed by atoms with Crippen molar-refractivity contribution in [2.45, 2.75) is 13.3 Å². The van der Waals surface area contributed by atoms with Crippen LogP contribution in [0.4, 0.5) is 0 Å². The van der Waals surface area contributed by atoms with Crippen molar-refractivity contribution in [3.63, 3.8) is 0 Å². The first-order valence-corrected chi connectivity index (χ1v) is 8.32. The highest BCUT2D eigenvalue weighted by Gasteiger charge is 2.19. The third-order valence-corrected chi connectivity index (χ3v) is 4.74. The third-order valence-electron chi connectivity index (χ3n) is 3.50. The van der Waals surface area contributed by atoms with Gasteiger partial charge < -0.3 is 9.15 Å². The molecule has 2 heterocycles. The lowest BCUT2D eigenvalue weighted by Crippen LogP contribution is -2.11. The SMILES string of the molecule is CCc1cc(=O)oc2cc(OC(=O)c3ncc(Cl)c(Cl)c3Cl)ccc12. The van der Waals surface area contributed by atoms with Crippen LogP contribution in [0.5, 0.6) is 5.75 Å². The molecular weight excluding hydrogens is 389 g/mol. The molecule has 5 nitrogen and oxygen atoms in total. The van der Waals surface area contributed by atoms with E-state index in [4.69, 9.17) is 44.0 Å². The average molecular weight is 399 g/mol. The number of rotatable bonds is 3. The van der Waals surface area contributed by atoms with Crippen LogP contribution in [0.15, 0.2) is 39.7 Å². The highest BCUT2D eigenvalue weighted by molar-refractivity contribution is 6.48. The van der Waals surface area contributed by atoms with Crippen molar-refractivity contribution < 1.29 is 13.9 Å². The second-order valence-electron chi connectivity index (χ2n) is 5.07. The molecule has 2 aromatic heterocycles. The second-order valence-corrected chi connectivity index (χ2v) is 6.24. The summed E-state index contributed by atoms with van der Waals surface area (Å²) < 4.78 is 10.4. The molecule has 8 heteroatoms. The highest BCUT2D eigenvalue weighted by Crippen LogP contribution is 2.32. The maximum absolute atomic E-state index is 12.3. The predicted octanol–water partition coefficient (Wildman–Crippen LogP) is 4.93. The molecule has 1 aromatic carbocycles. The van der Waals surface area contributed by atoms with Crippen LogP contribution in [0, 0.1) is 0 Å². The number of halogens is 3. The van der Waals surface area contributed by atoms with Gasteiger partial charge in [0, 0.05) is 23.7 Å². The van der Waals surface area contributed by atoms with Gasteiger partial charge in [-0.15, -0.1) is 0 Å². The minimum Gasteiger partial charge on any atom is -0.423 e. The molecule has 128 valence electrons. The van der Waals surface area contributed by atoms with Gasteiger partial charge in [0.25, 0.3) is 0 Å². The van der Waals surface area contributed by atoms with Gasteiger partial charge in [0.1, 0.15) is 11.3 Å². The van der Waals surface area contributed by atoms with Crippen molar-refractivity contribution in [1.82, 2.24) is 4.98 Å². The number of carbonyl (C=O) groups excluding carboxylic acids is 1. The van der Waals surface area contributed by atoms with Crippen molar-refractivity contribution >= 4 is 51.7 Å². The Morgan fingerprint density at radius 3 is 2.68 bits per heavy atom. The van der Waals surface area contributed by atoms with Crippen LogP contribution in [0.2, 0.25) is 15.1 Å². The number of carbonyl (C=O) groups is 1. The molecule has 0 saturated heterocycles. The van der Waals surface area contributed by atoms with E-state index in [1.165, 1.54) is 18.3 Å². The van der Waals surface area contributed by atoms with Crippen molar-refractivity contribution in [2.75, 3.05) is 0 Å². The Bertz CT molecular complexity index is 1050. The molecular formula is C17H10Cl3NO4. The Hall–Kier alpha value is -2.08. The summed E-state index contributed by atoms with van der Waals surface area (Å²) in [5.74, 6) is -0.630. The summed E-state index contributed by atoms with van der Waals surface area (Å²) >= 11 is 17.7. The van der Waals surface area contributed by atoms with Gasteiger partial charge in [-0.05, 0) is 24.1 Å². The largest absolute Gasteiger partial charge is 0.423 e. The fourth-order valence-corrected chi connectivity index (χ4v) is 2.86. The van der Waals surface area contributed by atoms with E-state index in [0.29, 0.717) is 12.0 Å². The van der Waals surface area contributed by atoms with Gasteiger partial charge in [-0.2, -0.15) is 0 Å². The van der Waals surface area contributed by atoms with E-state index >= 15 is 0 Å². The molecule has 0 aliphatic carbocycles. The smallest absolute Gasteiger partial charge is 0.363 e. The lowest BCUT2D eigenvalue weighted by molar-refractivity contribution is 0.0729. The Kier molecular flexibility index (Phi) is 4.99.